The Bertz CT molecular complexity index is 907. The summed E-state index contributed by atoms with van der Waals surface area (Å²) in [5.41, 5.74) is 1.26. The van der Waals surface area contributed by atoms with Gasteiger partial charge in [0.2, 0.25) is 5.91 Å². The lowest BCUT2D eigenvalue weighted by atomic mass is 10.2. The molecule has 3 rings (SSSR count). The molecule has 0 aliphatic carbocycles. The van der Waals surface area contributed by atoms with Gasteiger partial charge in [0.15, 0.2) is 0 Å². The van der Waals surface area contributed by atoms with Crippen LogP contribution >= 0.6 is 11.6 Å². The maximum Gasteiger partial charge on any atom is 0.295 e. The molecule has 2 aromatic carbocycles. The zero-order chi connectivity index (χ0) is 16.4. The lowest BCUT2D eigenvalue weighted by Gasteiger charge is -2.07. The van der Waals surface area contributed by atoms with Crippen molar-refractivity contribution < 1.29 is 9.72 Å². The van der Waals surface area contributed by atoms with Crippen molar-refractivity contribution in [3.05, 3.63) is 63.9 Å². The molecule has 0 saturated carbocycles. The van der Waals surface area contributed by atoms with Gasteiger partial charge < -0.3 is 9.88 Å². The molecule has 1 N–H and O–H groups in total. The lowest BCUT2D eigenvalue weighted by molar-refractivity contribution is -0.383. The number of fused-ring (bicyclic) bond motifs is 1. The number of nitrogens with zero attached hydrogens (tertiary/aromatic N) is 3. The third-order valence-electron chi connectivity index (χ3n) is 3.24. The molecule has 0 atom stereocenters. The second-order valence-electron chi connectivity index (χ2n) is 4.83. The van der Waals surface area contributed by atoms with E-state index in [0.717, 1.165) is 0 Å². The third-order valence-corrected chi connectivity index (χ3v) is 3.47. The molecule has 3 aromatic rings. The molecule has 0 radical (unpaired) electrons. The molecule has 116 valence electrons. The number of nitro groups is 1. The minimum Gasteiger partial charge on any atom is -0.324 e. The first-order valence-electron chi connectivity index (χ1n) is 6.68. The number of nitrogens with one attached hydrogen (secondary N) is 1. The number of imidazole rings is 1. The van der Waals surface area contributed by atoms with Crippen molar-refractivity contribution in [1.29, 1.82) is 0 Å². The minimum atomic E-state index is -0.491. The second-order valence-corrected chi connectivity index (χ2v) is 5.27. The van der Waals surface area contributed by atoms with E-state index in [1.165, 1.54) is 17.0 Å². The zero-order valence-electron chi connectivity index (χ0n) is 11.8. The van der Waals surface area contributed by atoms with Crippen LogP contribution in [-0.4, -0.2) is 20.4 Å². The van der Waals surface area contributed by atoms with Crippen molar-refractivity contribution >= 4 is 39.9 Å². The van der Waals surface area contributed by atoms with Crippen LogP contribution in [0.15, 0.2) is 48.8 Å². The Morgan fingerprint density at radius 2 is 2.09 bits per heavy atom. The van der Waals surface area contributed by atoms with Crippen LogP contribution in [0.3, 0.4) is 0 Å². The smallest absolute Gasteiger partial charge is 0.295 e. The van der Waals surface area contributed by atoms with Gasteiger partial charge in [-0.2, -0.15) is 0 Å². The predicted molar refractivity (Wildman–Crippen MR) is 86.5 cm³/mol. The van der Waals surface area contributed by atoms with Crippen LogP contribution in [0.25, 0.3) is 11.0 Å². The van der Waals surface area contributed by atoms with Gasteiger partial charge in [-0.05, 0) is 24.3 Å². The predicted octanol–water partition coefficient (Wildman–Crippen LogP) is 3.24. The molecule has 0 bridgehead atoms. The van der Waals surface area contributed by atoms with E-state index >= 15 is 0 Å². The van der Waals surface area contributed by atoms with E-state index in [4.69, 9.17) is 11.6 Å². The van der Waals surface area contributed by atoms with Crippen molar-refractivity contribution in [2.75, 3.05) is 5.32 Å². The van der Waals surface area contributed by atoms with Crippen molar-refractivity contribution in [3.63, 3.8) is 0 Å². The molecule has 0 aliphatic rings. The topological polar surface area (TPSA) is 90.1 Å². The van der Waals surface area contributed by atoms with E-state index in [1.54, 1.807) is 36.4 Å². The number of rotatable bonds is 4. The van der Waals surface area contributed by atoms with Gasteiger partial charge in [-0.1, -0.05) is 23.7 Å². The average molecular weight is 331 g/mol. The molecule has 0 fully saturated rings. The van der Waals surface area contributed by atoms with E-state index in [0.29, 0.717) is 21.7 Å². The number of non-ortho nitro benzene ring substituents is 1. The quantitative estimate of drug-likeness (QED) is 0.587. The fourth-order valence-electron chi connectivity index (χ4n) is 2.30. The molecule has 7 nitrogen and oxygen atoms in total. The maximum atomic E-state index is 12.1. The number of para-hydroxylation sites is 1. The Hall–Kier alpha value is -2.93. The Balaban J connectivity index is 1.87. The largest absolute Gasteiger partial charge is 0.324 e. The van der Waals surface area contributed by atoms with Crippen LogP contribution in [0.1, 0.15) is 0 Å². The van der Waals surface area contributed by atoms with Crippen LogP contribution in [0.2, 0.25) is 5.02 Å². The lowest BCUT2D eigenvalue weighted by Crippen LogP contribution is -2.18. The summed E-state index contributed by atoms with van der Waals surface area (Å²) in [5, 5.41) is 14.3. The summed E-state index contributed by atoms with van der Waals surface area (Å²) in [6.45, 7) is -0.0894. The van der Waals surface area contributed by atoms with Gasteiger partial charge in [0.05, 0.1) is 16.8 Å². The van der Waals surface area contributed by atoms with Crippen LogP contribution in [0.5, 0.6) is 0 Å². The van der Waals surface area contributed by atoms with E-state index in [-0.39, 0.29) is 18.1 Å². The molecule has 0 spiro atoms. The Kier molecular flexibility index (Phi) is 3.94. The third kappa shape index (κ3) is 3.14. The first kappa shape index (κ1) is 15.0. The first-order valence-corrected chi connectivity index (χ1v) is 7.06. The number of amides is 1. The highest BCUT2D eigenvalue weighted by Gasteiger charge is 2.17. The normalized spacial score (nSPS) is 10.7. The fraction of sp³-hybridized carbons (Fsp3) is 0.0667. The van der Waals surface area contributed by atoms with Gasteiger partial charge in [0.25, 0.3) is 5.69 Å². The van der Waals surface area contributed by atoms with Crippen molar-refractivity contribution in [2.45, 2.75) is 6.54 Å². The number of nitro benzene ring substituents is 1. The molecule has 1 amide bonds. The number of carbonyl (C=O) groups is 1. The standard InChI is InChI=1S/C15H11ClN4O3/c16-10-3-1-4-11(7-10)18-14(21)8-19-9-17-12-5-2-6-13(15(12)19)20(22)23/h1-7,9H,8H2,(H,18,21). The second kappa shape index (κ2) is 6.05. The maximum absolute atomic E-state index is 12.1. The van der Waals surface area contributed by atoms with Crippen molar-refractivity contribution in [1.82, 2.24) is 9.55 Å². The van der Waals surface area contributed by atoms with E-state index in [1.807, 2.05) is 0 Å². The fourth-order valence-corrected chi connectivity index (χ4v) is 2.49. The van der Waals surface area contributed by atoms with E-state index in [2.05, 4.69) is 10.3 Å². The Morgan fingerprint density at radius 3 is 2.83 bits per heavy atom. The van der Waals surface area contributed by atoms with Gasteiger partial charge in [0, 0.05) is 16.8 Å². The minimum absolute atomic E-state index is 0.0874. The van der Waals surface area contributed by atoms with E-state index in [9.17, 15) is 14.9 Å². The highest BCUT2D eigenvalue weighted by atomic mass is 35.5. The number of aromatic nitrogens is 2. The molecule has 23 heavy (non-hydrogen) atoms. The summed E-state index contributed by atoms with van der Waals surface area (Å²) in [6.07, 6.45) is 1.41. The highest BCUT2D eigenvalue weighted by Crippen LogP contribution is 2.24. The van der Waals surface area contributed by atoms with Crippen LogP contribution in [0, 0.1) is 10.1 Å². The van der Waals surface area contributed by atoms with Crippen LogP contribution in [0.4, 0.5) is 11.4 Å². The molecule has 0 saturated heterocycles. The molecular weight excluding hydrogens is 320 g/mol. The number of hydrogen-bond acceptors (Lipinski definition) is 4. The molecule has 0 unspecified atom stereocenters. The monoisotopic (exact) mass is 330 g/mol. The number of anilines is 1. The SMILES string of the molecule is O=C(Cn1cnc2cccc([N+](=O)[O-])c21)Nc1cccc(Cl)c1. The summed E-state index contributed by atoms with van der Waals surface area (Å²) >= 11 is 5.86. The van der Waals surface area contributed by atoms with Gasteiger partial charge >= 0.3 is 0 Å². The Morgan fingerprint density at radius 1 is 1.30 bits per heavy atom. The van der Waals surface area contributed by atoms with Gasteiger partial charge in [-0.3, -0.25) is 14.9 Å². The highest BCUT2D eigenvalue weighted by molar-refractivity contribution is 6.30. The molecular formula is C15H11ClN4O3. The number of hydrogen-bond donors (Lipinski definition) is 1. The Labute approximate surface area is 135 Å². The molecule has 1 heterocycles. The summed E-state index contributed by atoms with van der Waals surface area (Å²) in [7, 11) is 0. The number of benzene rings is 2. The van der Waals surface area contributed by atoms with Gasteiger partial charge in [-0.25, -0.2) is 4.98 Å². The zero-order valence-corrected chi connectivity index (χ0v) is 12.5. The summed E-state index contributed by atoms with van der Waals surface area (Å²) < 4.78 is 1.45. The van der Waals surface area contributed by atoms with Gasteiger partial charge in [0.1, 0.15) is 12.1 Å². The molecule has 1 aromatic heterocycles. The van der Waals surface area contributed by atoms with Gasteiger partial charge in [-0.15, -0.1) is 0 Å². The summed E-state index contributed by atoms with van der Waals surface area (Å²) in [6, 6.07) is 11.3. The van der Waals surface area contributed by atoms with Crippen molar-refractivity contribution in [3.8, 4) is 0 Å². The number of carbonyl (C=O) groups excluding carboxylic acids is 1. The van der Waals surface area contributed by atoms with E-state index < -0.39 is 4.92 Å². The van der Waals surface area contributed by atoms with Crippen LogP contribution < -0.4 is 5.32 Å². The molecule has 8 heteroatoms. The average Bonchev–Trinajstić information content (AvgIpc) is 2.90. The summed E-state index contributed by atoms with van der Waals surface area (Å²) in [4.78, 5) is 26.9. The van der Waals surface area contributed by atoms with Crippen molar-refractivity contribution in [2.24, 2.45) is 0 Å². The summed E-state index contributed by atoms with van der Waals surface area (Å²) in [5.74, 6) is -0.329. The first-order chi connectivity index (χ1) is 11.0. The number of halogens is 1. The van der Waals surface area contributed by atoms with Crippen LogP contribution in [-0.2, 0) is 11.3 Å². The molecule has 0 aliphatic heterocycles.